The highest BCUT2D eigenvalue weighted by Crippen LogP contribution is 2.56. The standard InChI is InChI=1S/C18H25FO2/c1-16(2)9-17(3,4)11-18(10-16)8-14(20)13-7-12(19)5-6-15(13)21-18/h5-7,14,20H,8-11H2,1-4H3. The van der Waals surface area contributed by atoms with Crippen LogP contribution in [-0.2, 0) is 0 Å². The molecule has 0 aromatic heterocycles. The molecule has 1 spiro atoms. The number of aliphatic hydroxyl groups is 1. The molecule has 1 saturated carbocycles. The summed E-state index contributed by atoms with van der Waals surface area (Å²) in [6, 6.07) is 4.46. The van der Waals surface area contributed by atoms with Gasteiger partial charge in [0, 0.05) is 12.0 Å². The summed E-state index contributed by atoms with van der Waals surface area (Å²) in [5.74, 6) is 0.320. The molecular formula is C18H25FO2. The number of fused-ring (bicyclic) bond motifs is 1. The van der Waals surface area contributed by atoms with E-state index in [1.54, 1.807) is 6.07 Å². The van der Waals surface area contributed by atoms with Crippen LogP contribution in [0.3, 0.4) is 0 Å². The van der Waals surface area contributed by atoms with Crippen LogP contribution in [0.25, 0.3) is 0 Å². The number of rotatable bonds is 0. The van der Waals surface area contributed by atoms with Gasteiger partial charge in [0.15, 0.2) is 0 Å². The summed E-state index contributed by atoms with van der Waals surface area (Å²) in [4.78, 5) is 0. The van der Waals surface area contributed by atoms with Gasteiger partial charge in [-0.3, -0.25) is 0 Å². The van der Waals surface area contributed by atoms with Crippen LogP contribution in [-0.4, -0.2) is 10.7 Å². The smallest absolute Gasteiger partial charge is 0.126 e. The van der Waals surface area contributed by atoms with E-state index in [-0.39, 0.29) is 22.2 Å². The molecule has 21 heavy (non-hydrogen) atoms. The molecule has 116 valence electrons. The van der Waals surface area contributed by atoms with Crippen LogP contribution in [0.1, 0.15) is 65.0 Å². The van der Waals surface area contributed by atoms with Crippen molar-refractivity contribution in [3.05, 3.63) is 29.6 Å². The van der Waals surface area contributed by atoms with E-state index in [4.69, 9.17) is 4.74 Å². The highest BCUT2D eigenvalue weighted by molar-refractivity contribution is 5.39. The van der Waals surface area contributed by atoms with Gasteiger partial charge in [-0.2, -0.15) is 0 Å². The molecule has 1 fully saturated rings. The Bertz CT molecular complexity index is 546. The van der Waals surface area contributed by atoms with Gasteiger partial charge in [-0.15, -0.1) is 0 Å². The van der Waals surface area contributed by atoms with Crippen LogP contribution in [0.5, 0.6) is 5.75 Å². The summed E-state index contributed by atoms with van der Waals surface area (Å²) in [6.45, 7) is 9.08. The van der Waals surface area contributed by atoms with Crippen molar-refractivity contribution in [1.82, 2.24) is 0 Å². The average Bonchev–Trinajstić information content (AvgIpc) is 2.25. The van der Waals surface area contributed by atoms with Crippen molar-refractivity contribution < 1.29 is 14.2 Å². The van der Waals surface area contributed by atoms with Crippen LogP contribution >= 0.6 is 0 Å². The molecule has 2 aliphatic rings. The summed E-state index contributed by atoms with van der Waals surface area (Å²) in [5.41, 5.74) is 0.606. The highest BCUT2D eigenvalue weighted by atomic mass is 19.1. The fourth-order valence-electron chi connectivity index (χ4n) is 5.05. The van der Waals surface area contributed by atoms with Crippen molar-refractivity contribution in [2.75, 3.05) is 0 Å². The number of ether oxygens (including phenoxy) is 1. The molecule has 1 N–H and O–H groups in total. The van der Waals surface area contributed by atoms with Crippen molar-refractivity contribution in [3.63, 3.8) is 0 Å². The predicted octanol–water partition coefficient (Wildman–Crippen LogP) is 4.62. The Balaban J connectivity index is 1.99. The molecule has 0 amide bonds. The molecule has 3 heteroatoms. The third-order valence-corrected chi connectivity index (χ3v) is 4.78. The Morgan fingerprint density at radius 1 is 1.10 bits per heavy atom. The van der Waals surface area contributed by atoms with Gasteiger partial charge in [-0.1, -0.05) is 27.7 Å². The lowest BCUT2D eigenvalue weighted by atomic mass is 9.58. The number of halogens is 1. The Labute approximate surface area is 126 Å². The van der Waals surface area contributed by atoms with Gasteiger partial charge in [0.25, 0.3) is 0 Å². The van der Waals surface area contributed by atoms with Crippen LogP contribution in [0.4, 0.5) is 4.39 Å². The van der Waals surface area contributed by atoms with Gasteiger partial charge < -0.3 is 9.84 Å². The summed E-state index contributed by atoms with van der Waals surface area (Å²) in [5, 5.41) is 10.5. The molecular weight excluding hydrogens is 267 g/mol. The minimum atomic E-state index is -0.644. The summed E-state index contributed by atoms with van der Waals surface area (Å²) in [7, 11) is 0. The molecule has 1 aliphatic carbocycles. The zero-order valence-electron chi connectivity index (χ0n) is 13.4. The second-order valence-electron chi connectivity index (χ2n) is 8.55. The molecule has 0 saturated heterocycles. The maximum absolute atomic E-state index is 13.4. The number of hydrogen-bond acceptors (Lipinski definition) is 2. The van der Waals surface area contributed by atoms with E-state index >= 15 is 0 Å². The molecule has 0 bridgehead atoms. The van der Waals surface area contributed by atoms with Gasteiger partial charge in [0.05, 0.1) is 6.10 Å². The van der Waals surface area contributed by atoms with Gasteiger partial charge >= 0.3 is 0 Å². The summed E-state index contributed by atoms with van der Waals surface area (Å²) < 4.78 is 19.7. The highest BCUT2D eigenvalue weighted by Gasteiger charge is 2.51. The minimum Gasteiger partial charge on any atom is -0.487 e. The summed E-state index contributed by atoms with van der Waals surface area (Å²) >= 11 is 0. The fraction of sp³-hybridized carbons (Fsp3) is 0.667. The monoisotopic (exact) mass is 292 g/mol. The van der Waals surface area contributed by atoms with Crippen molar-refractivity contribution in [1.29, 1.82) is 0 Å². The molecule has 3 rings (SSSR count). The number of hydrogen-bond donors (Lipinski definition) is 1. The second-order valence-corrected chi connectivity index (χ2v) is 8.55. The molecule has 0 radical (unpaired) electrons. The van der Waals surface area contributed by atoms with Crippen LogP contribution in [0.15, 0.2) is 18.2 Å². The van der Waals surface area contributed by atoms with Crippen molar-refractivity contribution in [2.45, 2.75) is 65.1 Å². The fourth-order valence-corrected chi connectivity index (χ4v) is 5.05. The Morgan fingerprint density at radius 3 is 2.33 bits per heavy atom. The molecule has 1 aromatic carbocycles. The van der Waals surface area contributed by atoms with Crippen LogP contribution in [0.2, 0.25) is 0 Å². The lowest BCUT2D eigenvalue weighted by Gasteiger charge is -2.54. The van der Waals surface area contributed by atoms with Gasteiger partial charge in [-0.05, 0) is 48.3 Å². The lowest BCUT2D eigenvalue weighted by molar-refractivity contribution is -0.104. The lowest BCUT2D eigenvalue weighted by Crippen LogP contribution is -2.52. The van der Waals surface area contributed by atoms with E-state index in [9.17, 15) is 9.50 Å². The predicted molar refractivity (Wildman–Crippen MR) is 80.7 cm³/mol. The van der Waals surface area contributed by atoms with E-state index in [2.05, 4.69) is 27.7 Å². The van der Waals surface area contributed by atoms with E-state index < -0.39 is 6.10 Å². The number of benzene rings is 1. The maximum Gasteiger partial charge on any atom is 0.126 e. The SMILES string of the molecule is CC1(C)CC(C)(C)CC2(CC(O)c3cc(F)ccc3O2)C1. The first kappa shape index (κ1) is 14.8. The molecule has 1 atom stereocenters. The van der Waals surface area contributed by atoms with Crippen molar-refractivity contribution in [3.8, 4) is 5.75 Å². The normalized spacial score (nSPS) is 28.8. The van der Waals surface area contributed by atoms with E-state index in [0.29, 0.717) is 17.7 Å². The zero-order valence-corrected chi connectivity index (χ0v) is 13.4. The van der Waals surface area contributed by atoms with Crippen LogP contribution in [0, 0.1) is 16.6 Å². The summed E-state index contributed by atoms with van der Waals surface area (Å²) in [6.07, 6.45) is 2.91. The molecule has 2 nitrogen and oxygen atoms in total. The second kappa shape index (κ2) is 4.45. The van der Waals surface area contributed by atoms with Crippen molar-refractivity contribution in [2.24, 2.45) is 10.8 Å². The average molecular weight is 292 g/mol. The first-order valence-corrected chi connectivity index (χ1v) is 7.77. The quantitative estimate of drug-likeness (QED) is 0.756. The van der Waals surface area contributed by atoms with E-state index in [1.807, 2.05) is 0 Å². The van der Waals surface area contributed by atoms with Gasteiger partial charge in [-0.25, -0.2) is 4.39 Å². The first-order valence-electron chi connectivity index (χ1n) is 7.77. The Morgan fingerprint density at radius 2 is 1.71 bits per heavy atom. The van der Waals surface area contributed by atoms with Gasteiger partial charge in [0.1, 0.15) is 17.2 Å². The Kier molecular flexibility index (Phi) is 3.14. The maximum atomic E-state index is 13.4. The zero-order chi connectivity index (χ0) is 15.5. The first-order chi connectivity index (χ1) is 9.60. The molecule has 1 unspecified atom stereocenters. The topological polar surface area (TPSA) is 29.5 Å². The third-order valence-electron chi connectivity index (χ3n) is 4.78. The largest absolute Gasteiger partial charge is 0.487 e. The van der Waals surface area contributed by atoms with E-state index in [1.165, 1.54) is 12.1 Å². The Hall–Kier alpha value is -1.09. The van der Waals surface area contributed by atoms with E-state index in [0.717, 1.165) is 19.3 Å². The minimum absolute atomic E-state index is 0.180. The number of aliphatic hydroxyl groups excluding tert-OH is 1. The third kappa shape index (κ3) is 2.80. The molecule has 1 aromatic rings. The van der Waals surface area contributed by atoms with Crippen LogP contribution < -0.4 is 4.74 Å². The molecule has 1 aliphatic heterocycles. The van der Waals surface area contributed by atoms with Crippen molar-refractivity contribution >= 4 is 0 Å². The van der Waals surface area contributed by atoms with Gasteiger partial charge in [0.2, 0.25) is 0 Å². The molecule has 1 heterocycles.